The Bertz CT molecular complexity index is 345. The van der Waals surface area contributed by atoms with Crippen molar-refractivity contribution < 1.29 is 10.2 Å². The summed E-state index contributed by atoms with van der Waals surface area (Å²) in [6.45, 7) is 0. The van der Waals surface area contributed by atoms with Gasteiger partial charge in [-0.2, -0.15) is 0 Å². The lowest BCUT2D eigenvalue weighted by Gasteiger charge is -2.36. The molecule has 2 rings (SSSR count). The van der Waals surface area contributed by atoms with E-state index in [0.717, 1.165) is 34.3 Å². The van der Waals surface area contributed by atoms with Gasteiger partial charge < -0.3 is 10.2 Å². The van der Waals surface area contributed by atoms with E-state index in [1.165, 1.54) is 6.42 Å². The fourth-order valence-corrected chi connectivity index (χ4v) is 3.86. The van der Waals surface area contributed by atoms with Gasteiger partial charge in [0.05, 0.1) is 15.5 Å². The molecular formula is C12H17BrO2S. The van der Waals surface area contributed by atoms with Crippen LogP contribution in [0.1, 0.15) is 37.0 Å². The first kappa shape index (κ1) is 12.6. The van der Waals surface area contributed by atoms with Crippen LogP contribution in [0.15, 0.2) is 15.9 Å². The Balaban J connectivity index is 1.98. The molecule has 1 aliphatic carbocycles. The minimum absolute atomic E-state index is 0.562. The van der Waals surface area contributed by atoms with E-state index in [0.29, 0.717) is 6.42 Å². The Kier molecular flexibility index (Phi) is 4.06. The monoisotopic (exact) mass is 304 g/mol. The van der Waals surface area contributed by atoms with Crippen LogP contribution in [0.25, 0.3) is 0 Å². The van der Waals surface area contributed by atoms with Gasteiger partial charge in [0, 0.05) is 11.3 Å². The van der Waals surface area contributed by atoms with Crippen LogP contribution in [0.4, 0.5) is 0 Å². The van der Waals surface area contributed by atoms with Gasteiger partial charge in [0.2, 0.25) is 0 Å². The number of aliphatic hydroxyl groups is 2. The highest BCUT2D eigenvalue weighted by Crippen LogP contribution is 2.33. The number of rotatable bonds is 3. The highest BCUT2D eigenvalue weighted by molar-refractivity contribution is 9.11. The summed E-state index contributed by atoms with van der Waals surface area (Å²) in [7, 11) is 0. The minimum Gasteiger partial charge on any atom is -0.390 e. The fraction of sp³-hybridized carbons (Fsp3) is 0.667. The molecule has 1 saturated carbocycles. The number of aliphatic hydroxyl groups excluding tert-OH is 1. The first-order chi connectivity index (χ1) is 7.60. The molecule has 2 N–H and O–H groups in total. The second-order valence-corrected chi connectivity index (χ2v) is 7.14. The van der Waals surface area contributed by atoms with Crippen molar-refractivity contribution >= 4 is 27.3 Å². The molecule has 1 aliphatic rings. The third-order valence-corrected chi connectivity index (χ3v) is 5.01. The van der Waals surface area contributed by atoms with Crippen molar-refractivity contribution in [3.8, 4) is 0 Å². The highest BCUT2D eigenvalue weighted by atomic mass is 79.9. The van der Waals surface area contributed by atoms with Crippen LogP contribution in [-0.4, -0.2) is 21.9 Å². The van der Waals surface area contributed by atoms with E-state index in [2.05, 4.69) is 15.9 Å². The molecule has 1 fully saturated rings. The molecule has 0 aromatic carbocycles. The molecule has 1 heterocycles. The van der Waals surface area contributed by atoms with Gasteiger partial charge in [-0.15, -0.1) is 11.3 Å². The first-order valence-electron chi connectivity index (χ1n) is 5.75. The van der Waals surface area contributed by atoms with Crippen LogP contribution in [0.2, 0.25) is 0 Å². The standard InChI is InChI=1S/C12H17BrO2S/c13-11-5-4-9(16-11)8-10(14)12(15)6-2-1-3-7-12/h4-5,10,14-15H,1-3,6-8H2. The molecule has 1 aromatic heterocycles. The molecule has 0 bridgehead atoms. The van der Waals surface area contributed by atoms with Crippen molar-refractivity contribution in [2.45, 2.75) is 50.2 Å². The molecule has 16 heavy (non-hydrogen) atoms. The summed E-state index contributed by atoms with van der Waals surface area (Å²) in [5.74, 6) is 0. The summed E-state index contributed by atoms with van der Waals surface area (Å²) in [5.41, 5.74) is -0.852. The summed E-state index contributed by atoms with van der Waals surface area (Å²) < 4.78 is 1.07. The molecule has 4 heteroatoms. The highest BCUT2D eigenvalue weighted by Gasteiger charge is 2.36. The maximum Gasteiger partial charge on any atom is 0.0909 e. The van der Waals surface area contributed by atoms with Gasteiger partial charge >= 0.3 is 0 Å². The first-order valence-corrected chi connectivity index (χ1v) is 7.36. The lowest BCUT2D eigenvalue weighted by Crippen LogP contribution is -2.44. The van der Waals surface area contributed by atoms with E-state index in [9.17, 15) is 10.2 Å². The minimum atomic E-state index is -0.852. The molecule has 1 aromatic rings. The Labute approximate surface area is 108 Å². The van der Waals surface area contributed by atoms with Crippen LogP contribution < -0.4 is 0 Å². The fourth-order valence-electron chi connectivity index (χ4n) is 2.34. The normalized spacial score (nSPS) is 21.9. The van der Waals surface area contributed by atoms with Crippen molar-refractivity contribution in [2.75, 3.05) is 0 Å². The number of thiophene rings is 1. The zero-order valence-electron chi connectivity index (χ0n) is 9.16. The van der Waals surface area contributed by atoms with E-state index in [4.69, 9.17) is 0 Å². The topological polar surface area (TPSA) is 40.5 Å². The van der Waals surface area contributed by atoms with Crippen molar-refractivity contribution in [1.29, 1.82) is 0 Å². The molecule has 1 unspecified atom stereocenters. The summed E-state index contributed by atoms with van der Waals surface area (Å²) in [5, 5.41) is 20.5. The van der Waals surface area contributed by atoms with E-state index >= 15 is 0 Å². The third kappa shape index (κ3) is 2.86. The third-order valence-electron chi connectivity index (χ3n) is 3.36. The zero-order chi connectivity index (χ0) is 11.6. The second kappa shape index (κ2) is 5.17. The summed E-state index contributed by atoms with van der Waals surface area (Å²) in [4.78, 5) is 1.12. The van der Waals surface area contributed by atoms with Crippen LogP contribution in [0.3, 0.4) is 0 Å². The summed E-state index contributed by atoms with van der Waals surface area (Å²) in [6.07, 6.45) is 4.65. The molecule has 0 amide bonds. The van der Waals surface area contributed by atoms with Gasteiger partial charge in [-0.1, -0.05) is 19.3 Å². The molecule has 0 aliphatic heterocycles. The maximum absolute atomic E-state index is 10.4. The van der Waals surface area contributed by atoms with Gasteiger partial charge in [0.25, 0.3) is 0 Å². The van der Waals surface area contributed by atoms with Crippen molar-refractivity contribution in [1.82, 2.24) is 0 Å². The molecule has 1 atom stereocenters. The number of hydrogen-bond acceptors (Lipinski definition) is 3. The lowest BCUT2D eigenvalue weighted by atomic mass is 9.79. The largest absolute Gasteiger partial charge is 0.390 e. The Morgan fingerprint density at radius 2 is 2.00 bits per heavy atom. The zero-order valence-corrected chi connectivity index (χ0v) is 11.6. The Morgan fingerprint density at radius 1 is 1.31 bits per heavy atom. The Hall–Kier alpha value is 0.1000. The molecule has 0 saturated heterocycles. The van der Waals surface area contributed by atoms with Crippen molar-refractivity contribution in [3.63, 3.8) is 0 Å². The predicted octanol–water partition coefficient (Wildman–Crippen LogP) is 3.11. The quantitative estimate of drug-likeness (QED) is 0.901. The molecule has 0 spiro atoms. The molecule has 0 radical (unpaired) electrons. The molecule has 90 valence electrons. The Morgan fingerprint density at radius 3 is 2.56 bits per heavy atom. The van der Waals surface area contributed by atoms with Crippen LogP contribution in [0, 0.1) is 0 Å². The lowest BCUT2D eigenvalue weighted by molar-refractivity contribution is -0.0957. The SMILES string of the molecule is OC(Cc1ccc(Br)s1)C1(O)CCCCC1. The number of hydrogen-bond donors (Lipinski definition) is 2. The van der Waals surface area contributed by atoms with E-state index in [1.807, 2.05) is 12.1 Å². The van der Waals surface area contributed by atoms with E-state index in [-0.39, 0.29) is 0 Å². The van der Waals surface area contributed by atoms with Crippen molar-refractivity contribution in [2.24, 2.45) is 0 Å². The average molecular weight is 305 g/mol. The average Bonchev–Trinajstić information content (AvgIpc) is 2.65. The van der Waals surface area contributed by atoms with Crippen LogP contribution >= 0.6 is 27.3 Å². The van der Waals surface area contributed by atoms with Gasteiger partial charge in [-0.25, -0.2) is 0 Å². The van der Waals surface area contributed by atoms with Crippen LogP contribution in [-0.2, 0) is 6.42 Å². The summed E-state index contributed by atoms with van der Waals surface area (Å²) in [6, 6.07) is 3.99. The van der Waals surface area contributed by atoms with Gasteiger partial charge in [-0.3, -0.25) is 0 Å². The second-order valence-electron chi connectivity index (χ2n) is 4.59. The maximum atomic E-state index is 10.4. The predicted molar refractivity (Wildman–Crippen MR) is 69.8 cm³/mol. The summed E-state index contributed by atoms with van der Waals surface area (Å²) >= 11 is 5.03. The van der Waals surface area contributed by atoms with Gasteiger partial charge in [0.15, 0.2) is 0 Å². The van der Waals surface area contributed by atoms with Gasteiger partial charge in [0.1, 0.15) is 0 Å². The number of halogens is 1. The molecule has 2 nitrogen and oxygen atoms in total. The van der Waals surface area contributed by atoms with E-state index < -0.39 is 11.7 Å². The molecular weight excluding hydrogens is 288 g/mol. The van der Waals surface area contributed by atoms with Gasteiger partial charge in [-0.05, 0) is 40.9 Å². The van der Waals surface area contributed by atoms with Crippen LogP contribution in [0.5, 0.6) is 0 Å². The van der Waals surface area contributed by atoms with E-state index in [1.54, 1.807) is 11.3 Å². The van der Waals surface area contributed by atoms with Crippen molar-refractivity contribution in [3.05, 3.63) is 20.8 Å². The smallest absolute Gasteiger partial charge is 0.0909 e.